The van der Waals surface area contributed by atoms with Crippen molar-refractivity contribution in [2.24, 2.45) is 0 Å². The van der Waals surface area contributed by atoms with Crippen LogP contribution < -0.4 is 5.32 Å². The summed E-state index contributed by atoms with van der Waals surface area (Å²) >= 11 is 6.17. The molecule has 1 aliphatic heterocycles. The first-order valence-corrected chi connectivity index (χ1v) is 7.35. The first kappa shape index (κ1) is 15.8. The normalized spacial score (nSPS) is 19.2. The van der Waals surface area contributed by atoms with Crippen molar-refractivity contribution in [3.05, 3.63) is 34.3 Å². The molecular weight excluding hydrogens is 292 g/mol. The third-order valence-corrected chi connectivity index (χ3v) is 4.06. The van der Waals surface area contributed by atoms with Crippen molar-refractivity contribution in [1.29, 1.82) is 0 Å². The smallest absolute Gasteiger partial charge is 0.337 e. The van der Waals surface area contributed by atoms with E-state index in [1.165, 1.54) is 13.0 Å². The fourth-order valence-electron chi connectivity index (χ4n) is 2.71. The quantitative estimate of drug-likeness (QED) is 0.894. The van der Waals surface area contributed by atoms with Crippen LogP contribution in [0.3, 0.4) is 0 Å². The van der Waals surface area contributed by atoms with Gasteiger partial charge in [-0.3, -0.25) is 9.69 Å². The van der Waals surface area contributed by atoms with E-state index < -0.39 is 5.97 Å². The van der Waals surface area contributed by atoms with E-state index in [9.17, 15) is 9.59 Å². The van der Waals surface area contributed by atoms with Crippen LogP contribution in [0.5, 0.6) is 0 Å². The van der Waals surface area contributed by atoms with Gasteiger partial charge in [0.1, 0.15) is 0 Å². The van der Waals surface area contributed by atoms with Gasteiger partial charge in [-0.05, 0) is 31.0 Å². The Morgan fingerprint density at radius 2 is 2.24 bits per heavy atom. The fraction of sp³-hybridized carbons (Fsp3) is 0.467. The summed E-state index contributed by atoms with van der Waals surface area (Å²) in [5.41, 5.74) is 0.935. The zero-order chi connectivity index (χ0) is 15.4. The van der Waals surface area contributed by atoms with Crippen LogP contribution in [0.25, 0.3) is 0 Å². The average molecular weight is 311 g/mol. The molecule has 0 aromatic heterocycles. The molecule has 2 rings (SSSR count). The first-order chi connectivity index (χ1) is 9.97. The molecule has 1 fully saturated rings. The highest BCUT2D eigenvalue weighted by atomic mass is 35.5. The summed E-state index contributed by atoms with van der Waals surface area (Å²) in [6.45, 7) is 3.79. The monoisotopic (exact) mass is 310 g/mol. The minimum Gasteiger partial charge on any atom is -0.478 e. The lowest BCUT2D eigenvalue weighted by Crippen LogP contribution is -2.46. The van der Waals surface area contributed by atoms with Gasteiger partial charge in [0.2, 0.25) is 5.91 Å². The molecule has 0 saturated carbocycles. The summed E-state index contributed by atoms with van der Waals surface area (Å²) in [6, 6.07) is 5.21. The summed E-state index contributed by atoms with van der Waals surface area (Å²) in [5, 5.41) is 12.3. The van der Waals surface area contributed by atoms with E-state index in [1.807, 2.05) is 6.07 Å². The molecule has 1 aromatic rings. The lowest BCUT2D eigenvalue weighted by Gasteiger charge is -2.33. The zero-order valence-corrected chi connectivity index (χ0v) is 12.7. The Morgan fingerprint density at radius 3 is 2.90 bits per heavy atom. The number of benzene rings is 1. The third kappa shape index (κ3) is 4.19. The summed E-state index contributed by atoms with van der Waals surface area (Å²) in [4.78, 5) is 24.4. The van der Waals surface area contributed by atoms with E-state index in [0.29, 0.717) is 11.6 Å². The molecule has 1 atom stereocenters. The van der Waals surface area contributed by atoms with Gasteiger partial charge < -0.3 is 10.4 Å². The van der Waals surface area contributed by atoms with E-state index in [-0.39, 0.29) is 17.5 Å². The molecule has 2 N–H and O–H groups in total. The summed E-state index contributed by atoms with van der Waals surface area (Å²) in [6.07, 6.45) is 1.97. The molecule has 0 bridgehead atoms. The van der Waals surface area contributed by atoms with E-state index in [2.05, 4.69) is 10.2 Å². The Hall–Kier alpha value is -1.59. The van der Waals surface area contributed by atoms with Crippen molar-refractivity contribution in [3.63, 3.8) is 0 Å². The Kier molecular flexibility index (Phi) is 5.20. The standard InChI is InChI=1S/C15H19ClN2O3/c1-10(19)17-12-5-3-7-18(9-12)8-11-4-2-6-13(14(11)16)15(20)21/h2,4,6,12H,3,5,7-9H2,1H3,(H,17,19)(H,20,21). The number of amides is 1. The number of nitrogens with one attached hydrogen (secondary N) is 1. The number of piperidine rings is 1. The molecule has 1 aliphatic rings. The van der Waals surface area contributed by atoms with Crippen LogP contribution in [0.15, 0.2) is 18.2 Å². The van der Waals surface area contributed by atoms with Crippen LogP contribution in [0.1, 0.15) is 35.7 Å². The molecule has 114 valence electrons. The maximum absolute atomic E-state index is 11.1. The second kappa shape index (κ2) is 6.91. The number of likely N-dealkylation sites (tertiary alicyclic amines) is 1. The number of halogens is 1. The van der Waals surface area contributed by atoms with Crippen molar-refractivity contribution in [3.8, 4) is 0 Å². The van der Waals surface area contributed by atoms with Crippen molar-refractivity contribution in [1.82, 2.24) is 10.2 Å². The number of carbonyl (C=O) groups excluding carboxylic acids is 1. The Balaban J connectivity index is 2.06. The number of carbonyl (C=O) groups is 2. The third-order valence-electron chi connectivity index (χ3n) is 3.62. The number of hydrogen-bond donors (Lipinski definition) is 2. The number of aromatic carboxylic acids is 1. The Morgan fingerprint density at radius 1 is 1.48 bits per heavy atom. The van der Waals surface area contributed by atoms with E-state index >= 15 is 0 Å². The van der Waals surface area contributed by atoms with E-state index in [1.54, 1.807) is 6.07 Å². The van der Waals surface area contributed by atoms with Gasteiger partial charge in [0.15, 0.2) is 0 Å². The first-order valence-electron chi connectivity index (χ1n) is 6.97. The van der Waals surface area contributed by atoms with Crippen LogP contribution in [0.2, 0.25) is 5.02 Å². The lowest BCUT2D eigenvalue weighted by molar-refractivity contribution is -0.120. The van der Waals surface area contributed by atoms with Crippen molar-refractivity contribution in [2.75, 3.05) is 13.1 Å². The van der Waals surface area contributed by atoms with Crippen LogP contribution >= 0.6 is 11.6 Å². The molecule has 21 heavy (non-hydrogen) atoms. The SMILES string of the molecule is CC(=O)NC1CCCN(Cc2cccc(C(=O)O)c2Cl)C1. The van der Waals surface area contributed by atoms with Crippen molar-refractivity contribution < 1.29 is 14.7 Å². The maximum atomic E-state index is 11.1. The van der Waals surface area contributed by atoms with E-state index in [0.717, 1.165) is 31.5 Å². The summed E-state index contributed by atoms with van der Waals surface area (Å²) in [5.74, 6) is -1.04. The zero-order valence-electron chi connectivity index (χ0n) is 11.9. The van der Waals surface area contributed by atoms with Gasteiger partial charge in [-0.2, -0.15) is 0 Å². The van der Waals surface area contributed by atoms with Gasteiger partial charge in [-0.15, -0.1) is 0 Å². The predicted octanol–water partition coefficient (Wildman–Crippen LogP) is 2.14. The average Bonchev–Trinajstić information content (AvgIpc) is 2.40. The molecule has 1 aromatic carbocycles. The minimum absolute atomic E-state index is 0.0206. The van der Waals surface area contributed by atoms with Crippen LogP contribution in [0, 0.1) is 0 Å². The number of carboxylic acid groups (broad SMARTS) is 1. The molecule has 1 saturated heterocycles. The summed E-state index contributed by atoms with van der Waals surface area (Å²) < 4.78 is 0. The Labute approximate surface area is 128 Å². The number of rotatable bonds is 4. The second-order valence-electron chi connectivity index (χ2n) is 5.36. The molecule has 1 amide bonds. The van der Waals surface area contributed by atoms with Gasteiger partial charge in [-0.25, -0.2) is 4.79 Å². The molecular formula is C15H19ClN2O3. The number of nitrogens with zero attached hydrogens (tertiary/aromatic N) is 1. The molecule has 6 heteroatoms. The van der Waals surface area contributed by atoms with Crippen molar-refractivity contribution >= 4 is 23.5 Å². The summed E-state index contributed by atoms with van der Waals surface area (Å²) in [7, 11) is 0. The second-order valence-corrected chi connectivity index (χ2v) is 5.74. The van der Waals surface area contributed by atoms with E-state index in [4.69, 9.17) is 16.7 Å². The molecule has 5 nitrogen and oxygen atoms in total. The topological polar surface area (TPSA) is 69.6 Å². The minimum atomic E-state index is -1.02. The van der Waals surface area contributed by atoms with Gasteiger partial charge in [-0.1, -0.05) is 23.7 Å². The molecule has 1 heterocycles. The van der Waals surface area contributed by atoms with Crippen LogP contribution in [-0.2, 0) is 11.3 Å². The maximum Gasteiger partial charge on any atom is 0.337 e. The Bertz CT molecular complexity index is 548. The molecule has 1 unspecified atom stereocenters. The largest absolute Gasteiger partial charge is 0.478 e. The van der Waals surface area contributed by atoms with Gasteiger partial charge in [0.25, 0.3) is 0 Å². The van der Waals surface area contributed by atoms with Gasteiger partial charge in [0.05, 0.1) is 10.6 Å². The number of hydrogen-bond acceptors (Lipinski definition) is 3. The molecule has 0 aliphatic carbocycles. The van der Waals surface area contributed by atoms with Gasteiger partial charge >= 0.3 is 5.97 Å². The predicted molar refractivity (Wildman–Crippen MR) is 80.5 cm³/mol. The molecule has 0 spiro atoms. The lowest BCUT2D eigenvalue weighted by atomic mass is 10.0. The van der Waals surface area contributed by atoms with Crippen LogP contribution in [-0.4, -0.2) is 41.0 Å². The highest BCUT2D eigenvalue weighted by molar-refractivity contribution is 6.34. The highest BCUT2D eigenvalue weighted by Crippen LogP contribution is 2.24. The van der Waals surface area contributed by atoms with Gasteiger partial charge in [0, 0.05) is 26.1 Å². The highest BCUT2D eigenvalue weighted by Gasteiger charge is 2.22. The van der Waals surface area contributed by atoms with Crippen molar-refractivity contribution in [2.45, 2.75) is 32.4 Å². The van der Waals surface area contributed by atoms with Crippen LogP contribution in [0.4, 0.5) is 0 Å². The fourth-order valence-corrected chi connectivity index (χ4v) is 2.98. The number of carboxylic acids is 1. The molecule has 0 radical (unpaired) electrons.